The molecule has 7 nitrogen and oxygen atoms in total. The molecule has 2 saturated heterocycles. The number of anilines is 2. The van der Waals surface area contributed by atoms with Gasteiger partial charge in [0.1, 0.15) is 5.82 Å². The minimum atomic E-state index is -0.122. The number of pyridine rings is 1. The number of nitrogens with zero attached hydrogens (tertiary/aromatic N) is 4. The van der Waals surface area contributed by atoms with Crippen LogP contribution in [0.5, 0.6) is 0 Å². The monoisotopic (exact) mass is 423 g/mol. The van der Waals surface area contributed by atoms with Gasteiger partial charge in [0, 0.05) is 63.2 Å². The molecule has 0 unspecified atom stereocenters. The highest BCUT2D eigenvalue weighted by atomic mass is 16.2. The summed E-state index contributed by atoms with van der Waals surface area (Å²) >= 11 is 0. The number of aryl methyl sites for hydroxylation is 1. The summed E-state index contributed by atoms with van der Waals surface area (Å²) in [7, 11) is 0. The predicted molar refractivity (Wildman–Crippen MR) is 124 cm³/mol. The van der Waals surface area contributed by atoms with Crippen molar-refractivity contribution in [2.45, 2.75) is 39.5 Å². The molecule has 1 aromatic heterocycles. The van der Waals surface area contributed by atoms with Crippen LogP contribution in [0, 0.1) is 6.92 Å². The Morgan fingerprint density at radius 2 is 1.74 bits per heavy atom. The number of rotatable bonds is 6. The smallest absolute Gasteiger partial charge is 0.224 e. The van der Waals surface area contributed by atoms with Crippen molar-refractivity contribution in [3.05, 3.63) is 29.8 Å². The maximum atomic E-state index is 12.4. The number of piperazine rings is 1. The van der Waals surface area contributed by atoms with E-state index in [-0.39, 0.29) is 24.7 Å². The molecule has 0 spiro atoms. The van der Waals surface area contributed by atoms with E-state index in [1.165, 1.54) is 0 Å². The number of amides is 2. The van der Waals surface area contributed by atoms with E-state index in [0.717, 1.165) is 86.6 Å². The number of likely N-dealkylation sites (N-methyl/N-ethyl adjacent to an activating group) is 1. The zero-order chi connectivity index (χ0) is 21.8. The molecule has 166 valence electrons. The van der Waals surface area contributed by atoms with E-state index in [9.17, 15) is 9.59 Å². The molecular weight excluding hydrogens is 390 g/mol. The van der Waals surface area contributed by atoms with Crippen molar-refractivity contribution < 1.29 is 9.59 Å². The van der Waals surface area contributed by atoms with Crippen molar-refractivity contribution in [2.75, 3.05) is 56.0 Å². The van der Waals surface area contributed by atoms with Gasteiger partial charge in [-0.05, 0) is 56.1 Å². The number of likely N-dealkylation sites (tertiary alicyclic amines) is 1. The lowest BCUT2D eigenvalue weighted by atomic mass is 10.1. The van der Waals surface area contributed by atoms with E-state index in [1.54, 1.807) is 0 Å². The topological polar surface area (TPSA) is 68.8 Å². The van der Waals surface area contributed by atoms with Crippen molar-refractivity contribution in [3.8, 4) is 0 Å². The second-order valence-corrected chi connectivity index (χ2v) is 8.59. The summed E-state index contributed by atoms with van der Waals surface area (Å²) in [5.41, 5.74) is 2.84. The fourth-order valence-corrected chi connectivity index (χ4v) is 4.48. The Labute approximate surface area is 184 Å². The van der Waals surface area contributed by atoms with Crippen LogP contribution in [0.1, 0.15) is 38.2 Å². The molecule has 0 bridgehead atoms. The fraction of sp³-hybridized carbons (Fsp3) is 0.542. The van der Waals surface area contributed by atoms with Gasteiger partial charge >= 0.3 is 0 Å². The third-order valence-corrected chi connectivity index (χ3v) is 6.45. The lowest BCUT2D eigenvalue weighted by Crippen LogP contribution is -2.46. The Morgan fingerprint density at radius 1 is 1.00 bits per heavy atom. The van der Waals surface area contributed by atoms with E-state index in [4.69, 9.17) is 4.98 Å². The van der Waals surface area contributed by atoms with Crippen LogP contribution in [0.15, 0.2) is 24.3 Å². The molecule has 2 aliphatic rings. The number of carbonyl (C=O) groups is 2. The SMILES string of the molecule is CCN1CCN(c2cc(C)c3cc(NC(=O)CCC(=O)N4CCCC4)ccc3n2)CC1. The first-order valence-electron chi connectivity index (χ1n) is 11.5. The van der Waals surface area contributed by atoms with Crippen LogP contribution in [0.4, 0.5) is 11.5 Å². The third-order valence-electron chi connectivity index (χ3n) is 6.45. The van der Waals surface area contributed by atoms with Gasteiger partial charge in [-0.25, -0.2) is 4.98 Å². The third kappa shape index (κ3) is 5.15. The van der Waals surface area contributed by atoms with E-state index in [0.29, 0.717) is 0 Å². The van der Waals surface area contributed by atoms with Crippen molar-refractivity contribution in [2.24, 2.45) is 0 Å². The predicted octanol–water partition coefficient (Wildman–Crippen LogP) is 3.03. The summed E-state index contributed by atoms with van der Waals surface area (Å²) in [5, 5.41) is 3.99. The van der Waals surface area contributed by atoms with Crippen molar-refractivity contribution >= 4 is 34.2 Å². The summed E-state index contributed by atoms with van der Waals surface area (Å²) in [6.45, 7) is 11.2. The van der Waals surface area contributed by atoms with Gasteiger partial charge in [-0.2, -0.15) is 0 Å². The van der Waals surface area contributed by atoms with Crippen LogP contribution in [-0.4, -0.2) is 72.4 Å². The number of fused-ring (bicyclic) bond motifs is 1. The minimum absolute atomic E-state index is 0.0819. The second-order valence-electron chi connectivity index (χ2n) is 8.59. The van der Waals surface area contributed by atoms with Crippen LogP contribution in [-0.2, 0) is 9.59 Å². The van der Waals surface area contributed by atoms with E-state index < -0.39 is 0 Å². The molecule has 2 aromatic rings. The number of nitrogens with one attached hydrogen (secondary N) is 1. The van der Waals surface area contributed by atoms with Gasteiger partial charge < -0.3 is 20.0 Å². The fourth-order valence-electron chi connectivity index (χ4n) is 4.48. The molecule has 31 heavy (non-hydrogen) atoms. The van der Waals surface area contributed by atoms with E-state index in [2.05, 4.69) is 35.0 Å². The normalized spacial score (nSPS) is 17.4. The van der Waals surface area contributed by atoms with Crippen molar-refractivity contribution in [3.63, 3.8) is 0 Å². The summed E-state index contributed by atoms with van der Waals surface area (Å²) in [6, 6.07) is 7.99. The molecule has 2 amide bonds. The zero-order valence-electron chi connectivity index (χ0n) is 18.7. The molecule has 1 aromatic carbocycles. The maximum Gasteiger partial charge on any atom is 0.224 e. The molecule has 2 aliphatic heterocycles. The zero-order valence-corrected chi connectivity index (χ0v) is 18.7. The highest BCUT2D eigenvalue weighted by molar-refractivity contribution is 5.96. The van der Waals surface area contributed by atoms with Crippen LogP contribution in [0.25, 0.3) is 10.9 Å². The molecule has 0 saturated carbocycles. The molecule has 4 rings (SSSR count). The highest BCUT2D eigenvalue weighted by Crippen LogP contribution is 2.26. The van der Waals surface area contributed by atoms with Crippen LogP contribution in [0.3, 0.4) is 0 Å². The molecule has 0 radical (unpaired) electrons. The van der Waals surface area contributed by atoms with Gasteiger partial charge in [-0.1, -0.05) is 6.92 Å². The summed E-state index contributed by atoms with van der Waals surface area (Å²) in [4.78, 5) is 36.1. The van der Waals surface area contributed by atoms with Crippen LogP contribution < -0.4 is 10.2 Å². The molecule has 3 heterocycles. The largest absolute Gasteiger partial charge is 0.354 e. The average molecular weight is 424 g/mol. The molecule has 0 aliphatic carbocycles. The lowest BCUT2D eigenvalue weighted by Gasteiger charge is -2.35. The minimum Gasteiger partial charge on any atom is -0.354 e. The molecule has 1 N–H and O–H groups in total. The lowest BCUT2D eigenvalue weighted by molar-refractivity contribution is -0.131. The first kappa shape index (κ1) is 21.6. The van der Waals surface area contributed by atoms with Crippen molar-refractivity contribution in [1.82, 2.24) is 14.8 Å². The first-order chi connectivity index (χ1) is 15.0. The molecule has 7 heteroatoms. The van der Waals surface area contributed by atoms with Gasteiger partial charge in [-0.15, -0.1) is 0 Å². The number of aromatic nitrogens is 1. The Balaban J connectivity index is 1.39. The van der Waals surface area contributed by atoms with Gasteiger partial charge in [0.05, 0.1) is 5.52 Å². The second kappa shape index (κ2) is 9.64. The average Bonchev–Trinajstić information content (AvgIpc) is 3.33. The van der Waals surface area contributed by atoms with Gasteiger partial charge in [0.15, 0.2) is 0 Å². The Hall–Kier alpha value is -2.67. The van der Waals surface area contributed by atoms with Crippen molar-refractivity contribution in [1.29, 1.82) is 0 Å². The standard InChI is InChI=1S/C24H33N5O2/c1-3-27-12-14-28(15-13-27)22-16-18(2)20-17-19(6-7-21(20)26-22)25-23(30)8-9-24(31)29-10-4-5-11-29/h6-7,16-17H,3-5,8-15H2,1-2H3,(H,25,30). The van der Waals surface area contributed by atoms with Crippen LogP contribution in [0.2, 0.25) is 0 Å². The van der Waals surface area contributed by atoms with Gasteiger partial charge in [-0.3, -0.25) is 9.59 Å². The summed E-state index contributed by atoms with van der Waals surface area (Å²) < 4.78 is 0. The Kier molecular flexibility index (Phi) is 6.70. The van der Waals surface area contributed by atoms with Crippen LogP contribution >= 0.6 is 0 Å². The Morgan fingerprint density at radius 3 is 2.45 bits per heavy atom. The number of benzene rings is 1. The van der Waals surface area contributed by atoms with Gasteiger partial charge in [0.25, 0.3) is 0 Å². The number of hydrogen-bond donors (Lipinski definition) is 1. The summed E-state index contributed by atoms with van der Waals surface area (Å²) in [5.74, 6) is 0.986. The quantitative estimate of drug-likeness (QED) is 0.774. The van der Waals surface area contributed by atoms with E-state index >= 15 is 0 Å². The summed E-state index contributed by atoms with van der Waals surface area (Å²) in [6.07, 6.45) is 2.63. The maximum absolute atomic E-state index is 12.4. The number of carbonyl (C=O) groups excluding carboxylic acids is 2. The highest BCUT2D eigenvalue weighted by Gasteiger charge is 2.19. The molecule has 2 fully saturated rings. The van der Waals surface area contributed by atoms with E-state index in [1.807, 2.05) is 23.1 Å². The number of hydrogen-bond acceptors (Lipinski definition) is 5. The van der Waals surface area contributed by atoms with Gasteiger partial charge in [0.2, 0.25) is 11.8 Å². The molecule has 0 atom stereocenters. The molecular formula is C24H33N5O2. The first-order valence-corrected chi connectivity index (χ1v) is 11.5. The Bertz CT molecular complexity index is 946.